The van der Waals surface area contributed by atoms with Crippen molar-refractivity contribution in [3.05, 3.63) is 35.5 Å². The number of imidazole rings is 1. The van der Waals surface area contributed by atoms with Crippen LogP contribution in [0.4, 0.5) is 5.95 Å². The summed E-state index contributed by atoms with van der Waals surface area (Å²) in [5.41, 5.74) is 15.3. The van der Waals surface area contributed by atoms with Crippen LogP contribution in [0, 0.1) is 6.92 Å². The third-order valence-electron chi connectivity index (χ3n) is 2.40. The van der Waals surface area contributed by atoms with Crippen molar-refractivity contribution in [2.75, 3.05) is 5.73 Å². The van der Waals surface area contributed by atoms with Crippen LogP contribution in [0.1, 0.15) is 11.3 Å². The topological polar surface area (TPSA) is 80.7 Å². The van der Waals surface area contributed by atoms with E-state index in [1.165, 1.54) is 0 Å². The summed E-state index contributed by atoms with van der Waals surface area (Å²) in [5, 5.41) is 0. The van der Waals surface area contributed by atoms with Gasteiger partial charge in [0.2, 0.25) is 0 Å². The highest BCUT2D eigenvalue weighted by molar-refractivity contribution is 5.67. The average molecular weight is 202 g/mol. The van der Waals surface area contributed by atoms with Crippen LogP contribution in [-0.4, -0.2) is 9.97 Å². The molecule has 1 aromatic carbocycles. The molecule has 0 saturated carbocycles. The minimum atomic E-state index is 0.439. The van der Waals surface area contributed by atoms with Gasteiger partial charge in [0.25, 0.3) is 0 Å². The Labute approximate surface area is 88.3 Å². The number of benzene rings is 1. The van der Waals surface area contributed by atoms with Gasteiger partial charge >= 0.3 is 0 Å². The highest BCUT2D eigenvalue weighted by atomic mass is 15.0. The molecule has 0 atom stereocenters. The third-order valence-corrected chi connectivity index (χ3v) is 2.40. The van der Waals surface area contributed by atoms with E-state index in [1.807, 2.05) is 31.2 Å². The maximum absolute atomic E-state index is 5.68. The van der Waals surface area contributed by atoms with Gasteiger partial charge in [-0.15, -0.1) is 0 Å². The number of anilines is 1. The second-order valence-corrected chi connectivity index (χ2v) is 3.46. The molecule has 4 heteroatoms. The molecular formula is C11H14N4. The molecule has 0 aliphatic rings. The van der Waals surface area contributed by atoms with E-state index in [4.69, 9.17) is 11.5 Å². The summed E-state index contributed by atoms with van der Waals surface area (Å²) in [5.74, 6) is 0.439. The van der Waals surface area contributed by atoms with Gasteiger partial charge in [-0.05, 0) is 12.5 Å². The monoisotopic (exact) mass is 202 g/mol. The molecule has 0 aliphatic heterocycles. The smallest absolute Gasteiger partial charge is 0.198 e. The first kappa shape index (κ1) is 9.73. The van der Waals surface area contributed by atoms with Gasteiger partial charge in [-0.1, -0.05) is 24.3 Å². The number of H-pyrrole nitrogens is 1. The van der Waals surface area contributed by atoms with Crippen molar-refractivity contribution in [1.82, 2.24) is 9.97 Å². The number of aromatic amines is 1. The predicted molar refractivity (Wildman–Crippen MR) is 61.1 cm³/mol. The summed E-state index contributed by atoms with van der Waals surface area (Å²) in [4.78, 5) is 7.24. The minimum Gasteiger partial charge on any atom is -0.369 e. The summed E-state index contributed by atoms with van der Waals surface area (Å²) >= 11 is 0. The molecule has 15 heavy (non-hydrogen) atoms. The highest BCUT2D eigenvalue weighted by Crippen LogP contribution is 2.25. The second-order valence-electron chi connectivity index (χ2n) is 3.46. The Kier molecular flexibility index (Phi) is 2.43. The third kappa shape index (κ3) is 1.71. The second kappa shape index (κ2) is 3.74. The molecular weight excluding hydrogens is 188 g/mol. The largest absolute Gasteiger partial charge is 0.369 e. The summed E-state index contributed by atoms with van der Waals surface area (Å²) < 4.78 is 0. The van der Waals surface area contributed by atoms with Crippen molar-refractivity contribution in [2.24, 2.45) is 5.73 Å². The number of hydrogen-bond acceptors (Lipinski definition) is 3. The van der Waals surface area contributed by atoms with Gasteiger partial charge in [-0.25, -0.2) is 4.98 Å². The summed E-state index contributed by atoms with van der Waals surface area (Å²) in [7, 11) is 0. The first-order chi connectivity index (χ1) is 7.22. The van der Waals surface area contributed by atoms with E-state index >= 15 is 0 Å². The summed E-state index contributed by atoms with van der Waals surface area (Å²) in [6.45, 7) is 2.45. The lowest BCUT2D eigenvalue weighted by Crippen LogP contribution is -1.99. The Morgan fingerprint density at radius 3 is 2.67 bits per heavy atom. The minimum absolute atomic E-state index is 0.439. The van der Waals surface area contributed by atoms with Gasteiger partial charge < -0.3 is 16.5 Å². The van der Waals surface area contributed by atoms with E-state index in [1.54, 1.807) is 0 Å². The molecule has 0 spiro atoms. The lowest BCUT2D eigenvalue weighted by atomic mass is 10.0. The Morgan fingerprint density at radius 2 is 2.07 bits per heavy atom. The normalized spacial score (nSPS) is 10.5. The Morgan fingerprint density at radius 1 is 1.33 bits per heavy atom. The van der Waals surface area contributed by atoms with Crippen LogP contribution in [-0.2, 0) is 6.54 Å². The van der Waals surface area contributed by atoms with Crippen molar-refractivity contribution in [1.29, 1.82) is 0 Å². The molecule has 0 bridgehead atoms. The molecule has 1 aromatic heterocycles. The molecule has 2 rings (SSSR count). The lowest BCUT2D eigenvalue weighted by molar-refractivity contribution is 1.07. The molecule has 4 nitrogen and oxygen atoms in total. The number of nitrogens with one attached hydrogen (secondary N) is 1. The van der Waals surface area contributed by atoms with Crippen molar-refractivity contribution < 1.29 is 0 Å². The van der Waals surface area contributed by atoms with E-state index in [9.17, 15) is 0 Å². The van der Waals surface area contributed by atoms with Gasteiger partial charge in [0.15, 0.2) is 5.95 Å². The Bertz CT molecular complexity index is 473. The number of aromatic nitrogens is 2. The number of nitrogen functional groups attached to an aromatic ring is 1. The molecule has 78 valence electrons. The standard InChI is InChI=1S/C11H14N4/c1-7-10(15-11(13)14-7)9-5-3-2-4-8(9)6-12/h2-5H,6,12H2,1H3,(H3,13,14,15). The zero-order chi connectivity index (χ0) is 10.8. The molecule has 0 saturated heterocycles. The highest BCUT2D eigenvalue weighted by Gasteiger charge is 2.09. The summed E-state index contributed by atoms with van der Waals surface area (Å²) in [6, 6.07) is 7.94. The maximum atomic E-state index is 5.68. The molecule has 0 fully saturated rings. The fourth-order valence-corrected chi connectivity index (χ4v) is 1.68. The summed E-state index contributed by atoms with van der Waals surface area (Å²) in [6.07, 6.45) is 0. The molecule has 1 heterocycles. The van der Waals surface area contributed by atoms with E-state index in [0.29, 0.717) is 12.5 Å². The van der Waals surface area contributed by atoms with E-state index in [2.05, 4.69) is 9.97 Å². The molecule has 0 aliphatic carbocycles. The average Bonchev–Trinajstić information content (AvgIpc) is 2.57. The molecule has 5 N–H and O–H groups in total. The molecule has 2 aromatic rings. The Balaban J connectivity index is 2.58. The first-order valence-electron chi connectivity index (χ1n) is 4.83. The Hall–Kier alpha value is -1.81. The molecule has 0 amide bonds. The quantitative estimate of drug-likeness (QED) is 0.689. The maximum Gasteiger partial charge on any atom is 0.198 e. The van der Waals surface area contributed by atoms with Gasteiger partial charge in [0.05, 0.1) is 5.69 Å². The van der Waals surface area contributed by atoms with Crippen LogP contribution in [0.5, 0.6) is 0 Å². The zero-order valence-electron chi connectivity index (χ0n) is 8.62. The van der Waals surface area contributed by atoms with Crippen LogP contribution in [0.3, 0.4) is 0 Å². The van der Waals surface area contributed by atoms with Crippen LogP contribution >= 0.6 is 0 Å². The van der Waals surface area contributed by atoms with Gasteiger partial charge in [-0.2, -0.15) is 0 Å². The van der Waals surface area contributed by atoms with Crippen LogP contribution in [0.2, 0.25) is 0 Å². The SMILES string of the molecule is Cc1[nH]c(N)nc1-c1ccccc1CN. The van der Waals surface area contributed by atoms with Crippen molar-refractivity contribution >= 4 is 5.95 Å². The van der Waals surface area contributed by atoms with Crippen molar-refractivity contribution in [3.63, 3.8) is 0 Å². The molecule has 0 radical (unpaired) electrons. The van der Waals surface area contributed by atoms with Gasteiger partial charge in [-0.3, -0.25) is 0 Å². The van der Waals surface area contributed by atoms with Crippen LogP contribution in [0.15, 0.2) is 24.3 Å². The van der Waals surface area contributed by atoms with Crippen molar-refractivity contribution in [2.45, 2.75) is 13.5 Å². The number of nitrogens with zero attached hydrogens (tertiary/aromatic N) is 1. The van der Waals surface area contributed by atoms with E-state index in [-0.39, 0.29) is 0 Å². The number of nitrogens with two attached hydrogens (primary N) is 2. The molecule has 0 unspecified atom stereocenters. The van der Waals surface area contributed by atoms with Crippen molar-refractivity contribution in [3.8, 4) is 11.3 Å². The van der Waals surface area contributed by atoms with E-state index in [0.717, 1.165) is 22.5 Å². The fourth-order valence-electron chi connectivity index (χ4n) is 1.68. The van der Waals surface area contributed by atoms with Gasteiger partial charge in [0, 0.05) is 17.8 Å². The lowest BCUT2D eigenvalue weighted by Gasteiger charge is -2.05. The van der Waals surface area contributed by atoms with Crippen LogP contribution in [0.25, 0.3) is 11.3 Å². The fraction of sp³-hybridized carbons (Fsp3) is 0.182. The number of aryl methyl sites for hydroxylation is 1. The first-order valence-corrected chi connectivity index (χ1v) is 4.83. The zero-order valence-corrected chi connectivity index (χ0v) is 8.62. The number of hydrogen-bond donors (Lipinski definition) is 3. The predicted octanol–water partition coefficient (Wildman–Crippen LogP) is 1.43. The number of rotatable bonds is 2. The van der Waals surface area contributed by atoms with Gasteiger partial charge in [0.1, 0.15) is 0 Å². The van der Waals surface area contributed by atoms with Crippen LogP contribution < -0.4 is 11.5 Å². The van der Waals surface area contributed by atoms with E-state index < -0.39 is 0 Å².